The summed E-state index contributed by atoms with van der Waals surface area (Å²) in [6, 6.07) is 11.1. The quantitative estimate of drug-likeness (QED) is 0.817. The third kappa shape index (κ3) is 2.92. The van der Waals surface area contributed by atoms with E-state index >= 15 is 0 Å². The van der Waals surface area contributed by atoms with Crippen LogP contribution in [-0.2, 0) is 11.3 Å². The van der Waals surface area contributed by atoms with E-state index in [4.69, 9.17) is 16.9 Å². The van der Waals surface area contributed by atoms with E-state index in [9.17, 15) is 4.79 Å². The number of rotatable bonds is 3. The number of carbonyl (C=O) groups is 1. The van der Waals surface area contributed by atoms with E-state index in [-0.39, 0.29) is 5.91 Å². The lowest BCUT2D eigenvalue weighted by molar-refractivity contribution is -0.121. The highest BCUT2D eigenvalue weighted by Crippen LogP contribution is 2.45. The first-order chi connectivity index (χ1) is 10.6. The van der Waals surface area contributed by atoms with Gasteiger partial charge < -0.3 is 4.57 Å². The van der Waals surface area contributed by atoms with Crippen LogP contribution in [0.2, 0.25) is 5.15 Å². The van der Waals surface area contributed by atoms with Crippen molar-refractivity contribution >= 4 is 17.5 Å². The molecule has 0 aromatic carbocycles. The number of carbonyl (C=O) groups excluding carboxylic acids is 1. The summed E-state index contributed by atoms with van der Waals surface area (Å²) in [4.78, 5) is 20.3. The molecule has 110 valence electrons. The first-order valence-electron chi connectivity index (χ1n) is 6.89. The molecule has 2 aromatic heterocycles. The van der Waals surface area contributed by atoms with Gasteiger partial charge >= 0.3 is 0 Å². The summed E-state index contributed by atoms with van der Waals surface area (Å²) in [5, 5.41) is 9.51. The van der Waals surface area contributed by atoms with E-state index in [1.807, 2.05) is 29.0 Å². The van der Waals surface area contributed by atoms with E-state index < -0.39 is 5.41 Å². The maximum Gasteiger partial charge on any atom is 0.268 e. The summed E-state index contributed by atoms with van der Waals surface area (Å²) >= 11 is 5.78. The minimum absolute atomic E-state index is 0.357. The average Bonchev–Trinajstić information content (AvgIpc) is 3.33. The molecular weight excluding hydrogens is 300 g/mol. The van der Waals surface area contributed by atoms with Crippen LogP contribution in [0.15, 0.2) is 47.7 Å². The van der Waals surface area contributed by atoms with Gasteiger partial charge in [0.25, 0.3) is 5.91 Å². The van der Waals surface area contributed by atoms with Gasteiger partial charge in [-0.2, -0.15) is 10.3 Å². The van der Waals surface area contributed by atoms with E-state index in [2.05, 4.69) is 16.0 Å². The van der Waals surface area contributed by atoms with Gasteiger partial charge in [-0.3, -0.25) is 4.79 Å². The smallest absolute Gasteiger partial charge is 0.268 e. The first kappa shape index (κ1) is 14.5. The number of halogens is 1. The zero-order valence-corrected chi connectivity index (χ0v) is 12.5. The molecule has 1 fully saturated rings. The SMILES string of the molecule is N#CC1(C(=O)/N=c2\ccccn2Cc2ccc(Cl)nc2)CC1. The van der Waals surface area contributed by atoms with E-state index in [0.29, 0.717) is 30.0 Å². The van der Waals surface area contributed by atoms with Crippen LogP contribution in [0.3, 0.4) is 0 Å². The number of amides is 1. The van der Waals surface area contributed by atoms with Crippen LogP contribution < -0.4 is 5.49 Å². The van der Waals surface area contributed by atoms with Gasteiger partial charge in [0.05, 0.1) is 12.6 Å². The molecule has 6 heteroatoms. The minimum Gasteiger partial charge on any atom is -0.328 e. The molecule has 2 heterocycles. The molecule has 22 heavy (non-hydrogen) atoms. The molecule has 3 rings (SSSR count). The zero-order valence-electron chi connectivity index (χ0n) is 11.7. The van der Waals surface area contributed by atoms with Crippen molar-refractivity contribution < 1.29 is 4.79 Å². The van der Waals surface area contributed by atoms with Crippen LogP contribution in [0.25, 0.3) is 0 Å². The maximum atomic E-state index is 12.1. The topological polar surface area (TPSA) is 71.0 Å². The van der Waals surface area contributed by atoms with Crippen molar-refractivity contribution in [3.8, 4) is 6.07 Å². The Morgan fingerprint density at radius 3 is 2.86 bits per heavy atom. The lowest BCUT2D eigenvalue weighted by Gasteiger charge is -2.07. The number of nitriles is 1. The van der Waals surface area contributed by atoms with Gasteiger partial charge in [-0.25, -0.2) is 4.98 Å². The second-order valence-corrected chi connectivity index (χ2v) is 5.67. The first-order valence-corrected chi connectivity index (χ1v) is 7.27. The lowest BCUT2D eigenvalue weighted by atomic mass is 10.1. The van der Waals surface area contributed by atoms with Gasteiger partial charge in [-0.05, 0) is 36.6 Å². The van der Waals surface area contributed by atoms with E-state index in [1.165, 1.54) is 0 Å². The molecular formula is C16H13ClN4O. The van der Waals surface area contributed by atoms with Crippen LogP contribution in [0, 0.1) is 16.7 Å². The molecule has 0 unspecified atom stereocenters. The highest BCUT2D eigenvalue weighted by Gasteiger charge is 2.50. The minimum atomic E-state index is -0.893. The molecule has 5 nitrogen and oxygen atoms in total. The molecule has 0 N–H and O–H groups in total. The Morgan fingerprint density at radius 1 is 1.41 bits per heavy atom. The van der Waals surface area contributed by atoms with Crippen LogP contribution in [0.5, 0.6) is 0 Å². The summed E-state index contributed by atoms with van der Waals surface area (Å²) in [6.45, 7) is 0.524. The second kappa shape index (κ2) is 5.74. The Balaban J connectivity index is 1.92. The third-order valence-electron chi connectivity index (χ3n) is 3.65. The average molecular weight is 313 g/mol. The Kier molecular flexibility index (Phi) is 3.78. The number of pyridine rings is 2. The van der Waals surface area contributed by atoms with Crippen molar-refractivity contribution in [1.29, 1.82) is 5.26 Å². The molecule has 0 bridgehead atoms. The van der Waals surface area contributed by atoms with Crippen LogP contribution in [-0.4, -0.2) is 15.5 Å². The zero-order chi connectivity index (χ0) is 15.6. The van der Waals surface area contributed by atoms with Crippen LogP contribution in [0.4, 0.5) is 0 Å². The predicted molar refractivity (Wildman–Crippen MR) is 80.6 cm³/mol. The molecule has 0 saturated heterocycles. The maximum absolute atomic E-state index is 12.1. The Labute approximate surface area is 132 Å². The highest BCUT2D eigenvalue weighted by molar-refractivity contribution is 6.29. The van der Waals surface area contributed by atoms with Crippen molar-refractivity contribution in [2.75, 3.05) is 0 Å². The number of nitrogens with zero attached hydrogens (tertiary/aromatic N) is 4. The van der Waals surface area contributed by atoms with Crippen LogP contribution in [0.1, 0.15) is 18.4 Å². The molecule has 0 spiro atoms. The predicted octanol–water partition coefficient (Wildman–Crippen LogP) is 2.32. The standard InChI is InChI=1S/C16H13ClN4O/c17-13-5-4-12(9-19-13)10-21-8-2-1-3-14(21)20-15(22)16(11-18)6-7-16/h1-5,8-9H,6-7,10H2/b20-14+. The highest BCUT2D eigenvalue weighted by atomic mass is 35.5. The summed E-state index contributed by atoms with van der Waals surface area (Å²) in [7, 11) is 0. The molecule has 0 aliphatic heterocycles. The molecule has 1 amide bonds. The van der Waals surface area contributed by atoms with Crippen molar-refractivity contribution in [2.24, 2.45) is 10.4 Å². The second-order valence-electron chi connectivity index (χ2n) is 5.29. The molecule has 1 aliphatic rings. The van der Waals surface area contributed by atoms with E-state index in [0.717, 1.165) is 5.56 Å². The number of aromatic nitrogens is 2. The van der Waals surface area contributed by atoms with Gasteiger partial charge in [0.2, 0.25) is 0 Å². The summed E-state index contributed by atoms with van der Waals surface area (Å²) in [5.41, 5.74) is 0.588. The Hall–Kier alpha value is -2.45. The summed E-state index contributed by atoms with van der Waals surface area (Å²) in [5.74, 6) is -0.357. The van der Waals surface area contributed by atoms with Crippen molar-refractivity contribution in [1.82, 2.24) is 9.55 Å². The Bertz CT molecular complexity index is 813. The monoisotopic (exact) mass is 312 g/mol. The third-order valence-corrected chi connectivity index (χ3v) is 3.87. The molecule has 1 aliphatic carbocycles. The fraction of sp³-hybridized carbons (Fsp3) is 0.250. The van der Waals surface area contributed by atoms with Crippen LogP contribution >= 0.6 is 11.6 Å². The van der Waals surface area contributed by atoms with Crippen molar-refractivity contribution in [3.05, 3.63) is 58.9 Å². The van der Waals surface area contributed by atoms with E-state index in [1.54, 1.807) is 18.3 Å². The Morgan fingerprint density at radius 2 is 2.23 bits per heavy atom. The largest absolute Gasteiger partial charge is 0.328 e. The summed E-state index contributed by atoms with van der Waals surface area (Å²) < 4.78 is 1.84. The number of hydrogen-bond acceptors (Lipinski definition) is 3. The molecule has 2 aromatic rings. The molecule has 0 atom stereocenters. The molecule has 0 radical (unpaired) electrons. The van der Waals surface area contributed by atoms with Gasteiger partial charge in [-0.1, -0.05) is 23.7 Å². The van der Waals surface area contributed by atoms with Gasteiger partial charge in [0.15, 0.2) is 0 Å². The van der Waals surface area contributed by atoms with Crippen molar-refractivity contribution in [2.45, 2.75) is 19.4 Å². The summed E-state index contributed by atoms with van der Waals surface area (Å²) in [6.07, 6.45) is 4.72. The molecule has 1 saturated carbocycles. The van der Waals surface area contributed by atoms with Gasteiger partial charge in [0.1, 0.15) is 16.1 Å². The fourth-order valence-electron chi connectivity index (χ4n) is 2.11. The fourth-order valence-corrected chi connectivity index (χ4v) is 2.22. The normalized spacial score (nSPS) is 16.1. The van der Waals surface area contributed by atoms with Crippen molar-refractivity contribution in [3.63, 3.8) is 0 Å². The van der Waals surface area contributed by atoms with Gasteiger partial charge in [0, 0.05) is 12.4 Å². The lowest BCUT2D eigenvalue weighted by Crippen LogP contribution is -2.24. The number of hydrogen-bond donors (Lipinski definition) is 0. The van der Waals surface area contributed by atoms with Gasteiger partial charge in [-0.15, -0.1) is 0 Å².